The van der Waals surface area contributed by atoms with E-state index < -0.39 is 115 Å². The number of unbranched alkanes of at least 4 members (excludes halogenated alkanes) is 25. The molecule has 1 aromatic rings. The Morgan fingerprint density at radius 3 is 1.23 bits per heavy atom. The number of ketones is 1. The SMILES string of the molecule is CCCCCCCCCCCCCCCC(=O)NCCCC[C@H](NC(=O)CCCCCCCCCCCCCCC)C(=O)N[C@@H](CC(N)=O)C(=O)N[C@@H](CC(=O)O)C(=O)NCC(=O)N[C@@H](CC(=O)O)C(=O)N[C@@H](Cc1ccccc1)C(C)=O. The maximum Gasteiger partial charge on any atom is 0.305 e. The van der Waals surface area contributed by atoms with Crippen LogP contribution in [0.15, 0.2) is 30.3 Å². The summed E-state index contributed by atoms with van der Waals surface area (Å²) in [6, 6.07) is 1.04. The van der Waals surface area contributed by atoms with Gasteiger partial charge in [0, 0.05) is 19.4 Å². The van der Waals surface area contributed by atoms with Gasteiger partial charge >= 0.3 is 11.9 Å². The molecule has 5 atom stereocenters. The zero-order valence-electron chi connectivity index (χ0n) is 50.4. The molecule has 0 fully saturated rings. The highest BCUT2D eigenvalue weighted by Crippen LogP contribution is 2.16. The van der Waals surface area contributed by atoms with Gasteiger partial charge in [-0.25, -0.2) is 0 Å². The quantitative estimate of drug-likeness (QED) is 0.0284. The average Bonchev–Trinajstić information content (AvgIpc) is 3.48. The third-order valence-corrected chi connectivity index (χ3v) is 14.5. The van der Waals surface area contributed by atoms with Gasteiger partial charge in [0.05, 0.1) is 31.8 Å². The molecule has 0 aliphatic rings. The number of carboxylic acid groups (broad SMARTS) is 2. The number of carboxylic acids is 2. The van der Waals surface area contributed by atoms with Crippen LogP contribution in [-0.2, 0) is 59.2 Å². The number of Topliss-reactive ketones (excluding diaryl/α,β-unsaturated/α-hetero) is 1. The number of rotatable bonds is 53. The molecule has 0 saturated heterocycles. The number of carbonyl (C=O) groups excluding carboxylic acids is 9. The molecule has 0 aromatic heterocycles. The maximum absolute atomic E-state index is 14.0. The number of hydrogen-bond donors (Lipinski definition) is 10. The van der Waals surface area contributed by atoms with Crippen LogP contribution < -0.4 is 43.0 Å². The minimum atomic E-state index is -1.90. The molecular formula is C62H104N8O13. The second kappa shape index (κ2) is 48.0. The molecule has 0 saturated carbocycles. The van der Waals surface area contributed by atoms with E-state index in [9.17, 15) is 63.0 Å². The Morgan fingerprint density at radius 2 is 0.795 bits per heavy atom. The summed E-state index contributed by atoms with van der Waals surface area (Å²) in [5.74, 6) is -10.4. The molecule has 0 radical (unpaired) electrons. The van der Waals surface area contributed by atoms with Gasteiger partial charge in [-0.05, 0) is 51.0 Å². The normalized spacial score (nSPS) is 12.8. The zero-order chi connectivity index (χ0) is 61.5. The number of nitrogens with two attached hydrogens (primary N) is 1. The molecule has 11 N–H and O–H groups in total. The van der Waals surface area contributed by atoms with Crippen molar-refractivity contribution < 1.29 is 63.0 Å². The van der Waals surface area contributed by atoms with Crippen LogP contribution in [0.3, 0.4) is 0 Å². The van der Waals surface area contributed by atoms with Crippen LogP contribution in [0, 0.1) is 0 Å². The Labute approximate surface area is 493 Å². The molecule has 0 spiro atoms. The number of nitrogens with one attached hydrogen (secondary N) is 7. The van der Waals surface area contributed by atoms with Crippen LogP contribution in [0.1, 0.15) is 245 Å². The molecule has 0 bridgehead atoms. The minimum absolute atomic E-state index is 0.0733. The number of benzene rings is 1. The van der Waals surface area contributed by atoms with Crippen molar-refractivity contribution in [3.8, 4) is 0 Å². The van der Waals surface area contributed by atoms with E-state index in [-0.39, 0.29) is 25.2 Å². The van der Waals surface area contributed by atoms with Crippen LogP contribution in [-0.4, -0.2) is 118 Å². The van der Waals surface area contributed by atoms with Gasteiger partial charge < -0.3 is 53.2 Å². The second-order valence-electron chi connectivity index (χ2n) is 22.1. The number of carbonyl (C=O) groups is 11. The minimum Gasteiger partial charge on any atom is -0.481 e. The molecule has 0 aliphatic heterocycles. The van der Waals surface area contributed by atoms with Crippen LogP contribution in [0.4, 0.5) is 0 Å². The number of primary amides is 1. The van der Waals surface area contributed by atoms with Crippen molar-refractivity contribution in [2.45, 2.75) is 276 Å². The summed E-state index contributed by atoms with van der Waals surface area (Å²) in [5.41, 5.74) is 6.17. The van der Waals surface area contributed by atoms with Crippen LogP contribution in [0.5, 0.6) is 0 Å². The lowest BCUT2D eigenvalue weighted by Gasteiger charge is -2.25. The third-order valence-electron chi connectivity index (χ3n) is 14.5. The summed E-state index contributed by atoms with van der Waals surface area (Å²) in [4.78, 5) is 142. The van der Waals surface area contributed by atoms with Gasteiger partial charge in [0.2, 0.25) is 47.3 Å². The highest BCUT2D eigenvalue weighted by Gasteiger charge is 2.33. The number of hydrogen-bond acceptors (Lipinski definition) is 11. The monoisotopic (exact) mass is 1170 g/mol. The number of aliphatic carboxylic acids is 2. The molecule has 1 rings (SSSR count). The van der Waals surface area contributed by atoms with Crippen molar-refractivity contribution >= 4 is 65.0 Å². The summed E-state index contributed by atoms with van der Waals surface area (Å²) in [5, 5.41) is 36.3. The van der Waals surface area contributed by atoms with Crippen LogP contribution in [0.2, 0.25) is 0 Å². The van der Waals surface area contributed by atoms with Gasteiger partial charge in [-0.2, -0.15) is 0 Å². The molecule has 0 unspecified atom stereocenters. The van der Waals surface area contributed by atoms with Gasteiger partial charge in [0.25, 0.3) is 0 Å². The van der Waals surface area contributed by atoms with E-state index in [0.29, 0.717) is 37.8 Å². The third kappa shape index (κ3) is 40.5. The summed E-state index contributed by atoms with van der Waals surface area (Å²) < 4.78 is 0. The highest BCUT2D eigenvalue weighted by molar-refractivity contribution is 5.99. The molecule has 470 valence electrons. The molecule has 21 heteroatoms. The van der Waals surface area contributed by atoms with Crippen LogP contribution >= 0.6 is 0 Å². The van der Waals surface area contributed by atoms with Crippen molar-refractivity contribution in [1.82, 2.24) is 37.2 Å². The fraction of sp³-hybridized carbons (Fsp3) is 0.726. The predicted octanol–water partition coefficient (Wildman–Crippen LogP) is 7.43. The maximum atomic E-state index is 14.0. The van der Waals surface area contributed by atoms with E-state index in [4.69, 9.17) is 5.73 Å². The summed E-state index contributed by atoms with van der Waals surface area (Å²) >= 11 is 0. The second-order valence-corrected chi connectivity index (χ2v) is 22.1. The van der Waals surface area contributed by atoms with Gasteiger partial charge in [-0.15, -0.1) is 0 Å². The Kier molecular flexibility index (Phi) is 43.2. The lowest BCUT2D eigenvalue weighted by atomic mass is 10.0. The molecule has 21 nitrogen and oxygen atoms in total. The molecule has 0 aliphatic carbocycles. The van der Waals surface area contributed by atoms with E-state index in [2.05, 4.69) is 51.1 Å². The van der Waals surface area contributed by atoms with E-state index in [1.54, 1.807) is 30.3 Å². The first-order valence-corrected chi connectivity index (χ1v) is 31.2. The van der Waals surface area contributed by atoms with Crippen molar-refractivity contribution in [3.05, 3.63) is 35.9 Å². The summed E-state index contributed by atoms with van der Waals surface area (Å²) in [7, 11) is 0. The van der Waals surface area contributed by atoms with Gasteiger partial charge in [0.15, 0.2) is 5.78 Å². The summed E-state index contributed by atoms with van der Waals surface area (Å²) in [6.45, 7) is 5.07. The van der Waals surface area contributed by atoms with Crippen molar-refractivity contribution in [2.75, 3.05) is 13.1 Å². The van der Waals surface area contributed by atoms with Gasteiger partial charge in [0.1, 0.15) is 24.2 Å². The predicted molar refractivity (Wildman–Crippen MR) is 319 cm³/mol. The summed E-state index contributed by atoms with van der Waals surface area (Å²) in [6.07, 6.45) is 28.9. The van der Waals surface area contributed by atoms with Crippen molar-refractivity contribution in [1.29, 1.82) is 0 Å². The van der Waals surface area contributed by atoms with Gasteiger partial charge in [-0.3, -0.25) is 52.7 Å². The number of amides is 8. The highest BCUT2D eigenvalue weighted by atomic mass is 16.4. The Morgan fingerprint density at radius 1 is 0.410 bits per heavy atom. The van der Waals surface area contributed by atoms with E-state index >= 15 is 0 Å². The molecule has 83 heavy (non-hydrogen) atoms. The zero-order valence-corrected chi connectivity index (χ0v) is 50.4. The molecular weight excluding hydrogens is 1060 g/mol. The lowest BCUT2D eigenvalue weighted by molar-refractivity contribution is -0.141. The fourth-order valence-electron chi connectivity index (χ4n) is 9.61. The smallest absolute Gasteiger partial charge is 0.305 e. The molecule has 1 aromatic carbocycles. The Balaban J connectivity index is 2.96. The van der Waals surface area contributed by atoms with Crippen molar-refractivity contribution in [2.24, 2.45) is 5.73 Å². The van der Waals surface area contributed by atoms with E-state index in [1.165, 1.54) is 116 Å². The lowest BCUT2D eigenvalue weighted by Crippen LogP contribution is -2.58. The topological polar surface area (TPSA) is 338 Å². The molecule has 8 amide bonds. The average molecular weight is 1170 g/mol. The van der Waals surface area contributed by atoms with E-state index in [0.717, 1.165) is 51.4 Å². The Hall–Kier alpha value is -6.41. The molecule has 0 heterocycles. The standard InChI is InChI=1S/C62H104N8O13/c1-4-6-8-10-12-14-16-18-20-22-24-26-31-38-54(73)64-40-34-33-37-48(66-55(74)39-32-27-25-23-21-19-17-15-13-11-9-7-5-2)60(81)69-50(42-53(63)72)61(82)70-51(43-57(76)77)59(80)65-45-56(75)67-52(44-58(78)79)62(83)68-49(46(3)71)41-47-35-29-28-30-36-47/h28-30,35-36,48-52H,4-27,31-34,37-45H2,1-3H3,(H2,63,72)(H,64,73)(H,65,80)(H,66,74)(H,67,75)(H,68,83)(H,69,81)(H,70,82)(H,76,77)(H,78,79)/t48-,49-,50-,51-,52-/m0/s1. The first-order chi connectivity index (χ1) is 39.9. The largest absolute Gasteiger partial charge is 0.481 e. The first kappa shape index (κ1) is 74.6. The first-order valence-electron chi connectivity index (χ1n) is 31.2. The Bertz CT molecular complexity index is 2080. The van der Waals surface area contributed by atoms with Crippen molar-refractivity contribution in [3.63, 3.8) is 0 Å². The van der Waals surface area contributed by atoms with Gasteiger partial charge in [-0.1, -0.05) is 198 Å². The fourth-order valence-corrected chi connectivity index (χ4v) is 9.61. The van der Waals surface area contributed by atoms with Crippen LogP contribution in [0.25, 0.3) is 0 Å². The van der Waals surface area contributed by atoms with E-state index in [1.807, 2.05) is 0 Å².